The van der Waals surface area contributed by atoms with E-state index in [2.05, 4.69) is 11.8 Å². The molecule has 0 aromatic heterocycles. The zero-order valence-corrected chi connectivity index (χ0v) is 12.1. The van der Waals surface area contributed by atoms with Gasteiger partial charge in [0, 0.05) is 6.54 Å². The smallest absolute Gasteiger partial charge is 0.251 e. The Kier molecular flexibility index (Phi) is 3.76. The van der Waals surface area contributed by atoms with Gasteiger partial charge < -0.3 is 0 Å². The lowest BCUT2D eigenvalue weighted by atomic mass is 9.98. The molecule has 1 aromatic carbocycles. The first-order chi connectivity index (χ1) is 10.1. The topological polar surface area (TPSA) is 40.6 Å². The predicted molar refractivity (Wildman–Crippen MR) is 77.3 cm³/mol. The molecule has 2 amide bonds. The third-order valence-corrected chi connectivity index (χ3v) is 4.34. The minimum absolute atomic E-state index is 0.180. The van der Waals surface area contributed by atoms with Gasteiger partial charge in [-0.1, -0.05) is 6.92 Å². The predicted octanol–water partition coefficient (Wildman–Crippen LogP) is 2.19. The summed E-state index contributed by atoms with van der Waals surface area (Å²) in [6.45, 7) is 3.90. The zero-order chi connectivity index (χ0) is 15.0. The minimum atomic E-state index is -0.376. The Hall–Kier alpha value is -1.75. The number of nitrogens with zero attached hydrogens (tertiary/aromatic N) is 2. The Morgan fingerprint density at radius 3 is 2.57 bits per heavy atom. The summed E-state index contributed by atoms with van der Waals surface area (Å²) in [5, 5.41) is 0. The van der Waals surface area contributed by atoms with Gasteiger partial charge in [-0.15, -0.1) is 0 Å². The molecule has 5 heteroatoms. The number of piperidine rings is 1. The Balaban J connectivity index is 1.80. The molecule has 0 unspecified atom stereocenters. The molecule has 112 valence electrons. The molecular formula is C16H19FN2O2. The molecule has 0 N–H and O–H groups in total. The van der Waals surface area contributed by atoms with Gasteiger partial charge in [0.1, 0.15) is 5.82 Å². The first-order valence-electron chi connectivity index (χ1n) is 7.42. The molecule has 3 rings (SSSR count). The van der Waals surface area contributed by atoms with Crippen molar-refractivity contribution in [3.05, 3.63) is 30.1 Å². The van der Waals surface area contributed by atoms with E-state index in [4.69, 9.17) is 0 Å². The molecule has 0 saturated carbocycles. The van der Waals surface area contributed by atoms with E-state index in [0.29, 0.717) is 11.6 Å². The lowest BCUT2D eigenvalue weighted by Crippen LogP contribution is -2.46. The highest BCUT2D eigenvalue weighted by Crippen LogP contribution is 2.28. The number of hydrogen-bond donors (Lipinski definition) is 0. The molecule has 2 saturated heterocycles. The molecule has 21 heavy (non-hydrogen) atoms. The second-order valence-corrected chi connectivity index (χ2v) is 6.01. The number of hydrogen-bond acceptors (Lipinski definition) is 3. The first kappa shape index (κ1) is 14.2. The lowest BCUT2D eigenvalue weighted by molar-refractivity contribution is -0.123. The third kappa shape index (κ3) is 2.70. The Labute approximate surface area is 123 Å². The molecule has 0 bridgehead atoms. The fourth-order valence-corrected chi connectivity index (χ4v) is 3.27. The van der Waals surface area contributed by atoms with E-state index < -0.39 is 0 Å². The molecule has 2 atom stereocenters. The zero-order valence-electron chi connectivity index (χ0n) is 12.1. The van der Waals surface area contributed by atoms with Crippen molar-refractivity contribution in [3.8, 4) is 0 Å². The molecule has 2 fully saturated rings. The van der Waals surface area contributed by atoms with E-state index in [-0.39, 0.29) is 30.1 Å². The summed E-state index contributed by atoms with van der Waals surface area (Å²) in [6.07, 6.45) is 2.46. The summed E-state index contributed by atoms with van der Waals surface area (Å²) < 4.78 is 13.0. The number of amides is 2. The number of halogens is 1. The maximum atomic E-state index is 13.0. The highest BCUT2D eigenvalue weighted by atomic mass is 19.1. The van der Waals surface area contributed by atoms with Crippen molar-refractivity contribution >= 4 is 17.5 Å². The summed E-state index contributed by atoms with van der Waals surface area (Å²) >= 11 is 0. The fourth-order valence-electron chi connectivity index (χ4n) is 3.27. The summed E-state index contributed by atoms with van der Waals surface area (Å²) in [5.41, 5.74) is 0.457. The van der Waals surface area contributed by atoms with E-state index in [1.807, 2.05) is 0 Å². The summed E-state index contributed by atoms with van der Waals surface area (Å²) in [6, 6.07) is 5.14. The van der Waals surface area contributed by atoms with Crippen molar-refractivity contribution < 1.29 is 14.0 Å². The number of imide groups is 1. The van der Waals surface area contributed by atoms with Crippen LogP contribution in [0.4, 0.5) is 10.1 Å². The van der Waals surface area contributed by atoms with Crippen LogP contribution < -0.4 is 4.90 Å². The Bertz CT molecular complexity index is 558. The largest absolute Gasteiger partial charge is 0.291 e. The van der Waals surface area contributed by atoms with Crippen LogP contribution >= 0.6 is 0 Å². The number of likely N-dealkylation sites (tertiary alicyclic amines) is 1. The minimum Gasteiger partial charge on any atom is -0.291 e. The van der Waals surface area contributed by atoms with Gasteiger partial charge >= 0.3 is 0 Å². The quantitative estimate of drug-likeness (QED) is 0.784. The van der Waals surface area contributed by atoms with E-state index in [1.54, 1.807) is 0 Å². The lowest BCUT2D eigenvalue weighted by Gasteiger charge is -2.34. The first-order valence-corrected chi connectivity index (χ1v) is 7.42. The van der Waals surface area contributed by atoms with Gasteiger partial charge in [0.05, 0.1) is 18.2 Å². The molecule has 2 aliphatic rings. The van der Waals surface area contributed by atoms with Crippen LogP contribution in [0.15, 0.2) is 24.3 Å². The molecule has 2 aliphatic heterocycles. The van der Waals surface area contributed by atoms with Crippen LogP contribution in [0.3, 0.4) is 0 Å². The number of anilines is 1. The second kappa shape index (κ2) is 5.56. The number of rotatable bonds is 2. The maximum Gasteiger partial charge on any atom is 0.251 e. The van der Waals surface area contributed by atoms with Gasteiger partial charge in [-0.2, -0.15) is 0 Å². The average Bonchev–Trinajstić information content (AvgIpc) is 2.75. The Morgan fingerprint density at radius 2 is 1.90 bits per heavy atom. The number of benzene rings is 1. The molecule has 4 nitrogen and oxygen atoms in total. The number of carbonyl (C=O) groups excluding carboxylic acids is 2. The third-order valence-electron chi connectivity index (χ3n) is 4.34. The van der Waals surface area contributed by atoms with Gasteiger partial charge in [0.25, 0.3) is 5.91 Å². The van der Waals surface area contributed by atoms with Gasteiger partial charge in [-0.25, -0.2) is 9.29 Å². The van der Waals surface area contributed by atoms with Crippen LogP contribution in [0.25, 0.3) is 0 Å². The molecule has 1 aromatic rings. The van der Waals surface area contributed by atoms with Crippen LogP contribution in [0.1, 0.15) is 26.2 Å². The van der Waals surface area contributed by atoms with E-state index in [0.717, 1.165) is 19.5 Å². The molecule has 0 aliphatic carbocycles. The standard InChI is InChI=1S/C16H19FN2O2/c1-11-3-2-8-18(10-11)14-9-15(20)19(16(14)21)13-6-4-12(17)5-7-13/h4-7,11,14H,2-3,8-10H2,1H3/t11-,14+/m1/s1. The monoisotopic (exact) mass is 290 g/mol. The van der Waals surface area contributed by atoms with Crippen LogP contribution in [-0.4, -0.2) is 35.8 Å². The van der Waals surface area contributed by atoms with Crippen molar-refractivity contribution in [1.29, 1.82) is 0 Å². The van der Waals surface area contributed by atoms with Crippen molar-refractivity contribution in [2.75, 3.05) is 18.0 Å². The number of carbonyl (C=O) groups is 2. The molecule has 2 heterocycles. The fraction of sp³-hybridized carbons (Fsp3) is 0.500. The van der Waals surface area contributed by atoms with E-state index in [1.165, 1.54) is 35.6 Å². The highest BCUT2D eigenvalue weighted by Gasteiger charge is 2.43. The van der Waals surface area contributed by atoms with Gasteiger partial charge in [-0.3, -0.25) is 14.5 Å². The van der Waals surface area contributed by atoms with Crippen LogP contribution in [-0.2, 0) is 9.59 Å². The van der Waals surface area contributed by atoms with Gasteiger partial charge in [0.2, 0.25) is 5.91 Å². The van der Waals surface area contributed by atoms with E-state index in [9.17, 15) is 14.0 Å². The molecule has 0 spiro atoms. The van der Waals surface area contributed by atoms with Crippen LogP contribution in [0.2, 0.25) is 0 Å². The van der Waals surface area contributed by atoms with Gasteiger partial charge in [0.15, 0.2) is 0 Å². The van der Waals surface area contributed by atoms with Crippen molar-refractivity contribution in [3.63, 3.8) is 0 Å². The van der Waals surface area contributed by atoms with Crippen molar-refractivity contribution in [2.24, 2.45) is 5.92 Å². The van der Waals surface area contributed by atoms with Crippen molar-refractivity contribution in [2.45, 2.75) is 32.2 Å². The Morgan fingerprint density at radius 1 is 1.19 bits per heavy atom. The average molecular weight is 290 g/mol. The molecule has 0 radical (unpaired) electrons. The summed E-state index contributed by atoms with van der Waals surface area (Å²) in [5.74, 6) is -0.198. The second-order valence-electron chi connectivity index (χ2n) is 6.01. The maximum absolute atomic E-state index is 13.0. The summed E-state index contributed by atoms with van der Waals surface area (Å²) in [4.78, 5) is 28.1. The van der Waals surface area contributed by atoms with Crippen LogP contribution in [0.5, 0.6) is 0 Å². The normalized spacial score (nSPS) is 27.4. The van der Waals surface area contributed by atoms with Gasteiger partial charge in [-0.05, 0) is 49.6 Å². The SMILES string of the molecule is C[C@@H]1CCCN([C@H]2CC(=O)N(c3ccc(F)cc3)C2=O)C1. The van der Waals surface area contributed by atoms with E-state index >= 15 is 0 Å². The van der Waals surface area contributed by atoms with Crippen LogP contribution in [0, 0.1) is 11.7 Å². The summed E-state index contributed by atoms with van der Waals surface area (Å²) in [7, 11) is 0. The van der Waals surface area contributed by atoms with Crippen molar-refractivity contribution in [1.82, 2.24) is 4.90 Å². The molecular weight excluding hydrogens is 271 g/mol. The highest BCUT2D eigenvalue weighted by molar-refractivity contribution is 6.22.